The Labute approximate surface area is 121 Å². The second-order valence-electron chi connectivity index (χ2n) is 3.28. The molecule has 0 saturated heterocycles. The second-order valence-corrected chi connectivity index (χ2v) is 3.28. The first-order valence-electron chi connectivity index (χ1n) is 6.76. The monoisotopic (exact) mass is 282 g/mol. The molecule has 0 fully saturated rings. The number of hydrogen-bond acceptors (Lipinski definition) is 3. The smallest absolute Gasteiger partial charge is 0.411 e. The fraction of sp³-hybridized carbons (Fsp3) is 0.467. The van der Waals surface area contributed by atoms with Crippen LogP contribution in [0.5, 0.6) is 0 Å². The van der Waals surface area contributed by atoms with Gasteiger partial charge in [0, 0.05) is 18.3 Å². The Kier molecular flexibility index (Phi) is 12.2. The molecule has 2 amide bonds. The largest absolute Gasteiger partial charge is 0.453 e. The van der Waals surface area contributed by atoms with E-state index >= 15 is 0 Å². The fourth-order valence-corrected chi connectivity index (χ4v) is 1.26. The molecule has 0 radical (unpaired) electrons. The standard InChI is InChI=1S/C11H14N2O3.2C2H6/c1-7-9(12-8(2)14)5-4-6-10(7)13-11(15)16-3;2*1-2/h4-6H,1-3H3,(H,12,14)(H,13,15);2*1-2H3. The van der Waals surface area contributed by atoms with Gasteiger partial charge in [0.2, 0.25) is 5.91 Å². The molecule has 2 N–H and O–H groups in total. The molecule has 1 aromatic carbocycles. The summed E-state index contributed by atoms with van der Waals surface area (Å²) in [5.74, 6) is -0.154. The number of hydrogen-bond donors (Lipinski definition) is 2. The van der Waals surface area contributed by atoms with Gasteiger partial charge < -0.3 is 10.1 Å². The van der Waals surface area contributed by atoms with Crippen LogP contribution in [0.25, 0.3) is 0 Å². The van der Waals surface area contributed by atoms with Gasteiger partial charge >= 0.3 is 6.09 Å². The highest BCUT2D eigenvalue weighted by Crippen LogP contribution is 2.23. The third kappa shape index (κ3) is 7.41. The number of methoxy groups -OCH3 is 1. The van der Waals surface area contributed by atoms with Gasteiger partial charge in [-0.1, -0.05) is 33.8 Å². The quantitative estimate of drug-likeness (QED) is 0.854. The first-order valence-corrected chi connectivity index (χ1v) is 6.76. The molecule has 0 spiro atoms. The number of anilines is 2. The van der Waals surface area contributed by atoms with Gasteiger partial charge in [-0.05, 0) is 24.6 Å². The lowest BCUT2D eigenvalue weighted by atomic mass is 10.1. The van der Waals surface area contributed by atoms with Crippen molar-refractivity contribution in [2.75, 3.05) is 17.7 Å². The highest BCUT2D eigenvalue weighted by Gasteiger charge is 2.07. The van der Waals surface area contributed by atoms with Gasteiger partial charge in [0.1, 0.15) is 0 Å². The molecular weight excluding hydrogens is 256 g/mol. The minimum atomic E-state index is -0.539. The van der Waals surface area contributed by atoms with E-state index in [0.717, 1.165) is 5.56 Å². The van der Waals surface area contributed by atoms with Gasteiger partial charge in [-0.25, -0.2) is 4.79 Å². The molecule has 1 rings (SSSR count). The van der Waals surface area contributed by atoms with Crippen molar-refractivity contribution in [3.05, 3.63) is 23.8 Å². The number of carbonyl (C=O) groups is 2. The lowest BCUT2D eigenvalue weighted by Crippen LogP contribution is -2.13. The Morgan fingerprint density at radius 2 is 1.45 bits per heavy atom. The number of amides is 2. The normalized spacial score (nSPS) is 8.15. The van der Waals surface area contributed by atoms with Crippen LogP contribution in [0.3, 0.4) is 0 Å². The van der Waals surface area contributed by atoms with E-state index in [0.29, 0.717) is 11.4 Å². The summed E-state index contributed by atoms with van der Waals surface area (Å²) in [5, 5.41) is 5.23. The van der Waals surface area contributed by atoms with Crippen molar-refractivity contribution in [3.8, 4) is 0 Å². The van der Waals surface area contributed by atoms with Gasteiger partial charge in [-0.2, -0.15) is 0 Å². The zero-order valence-corrected chi connectivity index (χ0v) is 13.5. The molecule has 20 heavy (non-hydrogen) atoms. The minimum absolute atomic E-state index is 0.154. The van der Waals surface area contributed by atoms with E-state index < -0.39 is 6.09 Å². The molecule has 0 saturated carbocycles. The maximum atomic E-state index is 11.0. The van der Waals surface area contributed by atoms with Crippen LogP contribution in [0.2, 0.25) is 0 Å². The first-order chi connectivity index (χ1) is 9.54. The highest BCUT2D eigenvalue weighted by atomic mass is 16.5. The van der Waals surface area contributed by atoms with Crippen molar-refractivity contribution in [2.45, 2.75) is 41.5 Å². The molecule has 0 aliphatic rings. The second kappa shape index (κ2) is 12.0. The lowest BCUT2D eigenvalue weighted by molar-refractivity contribution is -0.114. The summed E-state index contributed by atoms with van der Waals surface area (Å²) in [5.41, 5.74) is 2.06. The Morgan fingerprint density at radius 1 is 1.00 bits per heavy atom. The summed E-state index contributed by atoms with van der Waals surface area (Å²) in [4.78, 5) is 22.0. The van der Waals surface area contributed by atoms with Crippen molar-refractivity contribution < 1.29 is 14.3 Å². The average Bonchev–Trinajstić information content (AvgIpc) is 2.47. The van der Waals surface area contributed by atoms with Gasteiger partial charge in [0.25, 0.3) is 0 Å². The number of benzene rings is 1. The number of carbonyl (C=O) groups excluding carboxylic acids is 2. The van der Waals surface area contributed by atoms with Gasteiger partial charge in [0.05, 0.1) is 7.11 Å². The maximum absolute atomic E-state index is 11.0. The van der Waals surface area contributed by atoms with Crippen LogP contribution < -0.4 is 10.6 Å². The molecule has 0 atom stereocenters. The molecule has 0 aliphatic carbocycles. The van der Waals surface area contributed by atoms with Crippen LogP contribution >= 0.6 is 0 Å². The summed E-state index contributed by atoms with van der Waals surface area (Å²) in [6.45, 7) is 11.2. The van der Waals surface area contributed by atoms with E-state index in [2.05, 4.69) is 15.4 Å². The van der Waals surface area contributed by atoms with Crippen LogP contribution in [-0.4, -0.2) is 19.1 Å². The average molecular weight is 282 g/mol. The Bertz CT molecular complexity index is 418. The minimum Gasteiger partial charge on any atom is -0.453 e. The number of nitrogens with one attached hydrogen (secondary N) is 2. The molecule has 0 bridgehead atoms. The van der Waals surface area contributed by atoms with Crippen molar-refractivity contribution in [3.63, 3.8) is 0 Å². The molecule has 5 nitrogen and oxygen atoms in total. The van der Waals surface area contributed by atoms with E-state index in [9.17, 15) is 9.59 Å². The molecule has 0 heterocycles. The SMILES string of the molecule is CC.CC.COC(=O)Nc1cccc(NC(C)=O)c1C. The van der Waals surface area contributed by atoms with E-state index in [1.807, 2.05) is 27.7 Å². The van der Waals surface area contributed by atoms with Crippen LogP contribution in [0, 0.1) is 6.92 Å². The highest BCUT2D eigenvalue weighted by molar-refractivity contribution is 5.92. The van der Waals surface area contributed by atoms with E-state index in [1.54, 1.807) is 25.1 Å². The third-order valence-corrected chi connectivity index (χ3v) is 2.07. The fourth-order valence-electron chi connectivity index (χ4n) is 1.26. The number of rotatable bonds is 2. The van der Waals surface area contributed by atoms with E-state index in [1.165, 1.54) is 14.0 Å². The maximum Gasteiger partial charge on any atom is 0.411 e. The first kappa shape index (κ1) is 20.3. The summed E-state index contributed by atoms with van der Waals surface area (Å²) in [7, 11) is 1.29. The van der Waals surface area contributed by atoms with Crippen LogP contribution in [0.15, 0.2) is 18.2 Å². The summed E-state index contributed by atoms with van der Waals surface area (Å²) in [6.07, 6.45) is -0.539. The molecule has 0 unspecified atom stereocenters. The predicted octanol–water partition coefficient (Wildman–Crippen LogP) is 4.18. The molecule has 1 aromatic rings. The van der Waals surface area contributed by atoms with Gasteiger partial charge in [-0.3, -0.25) is 10.1 Å². The van der Waals surface area contributed by atoms with E-state index in [-0.39, 0.29) is 5.91 Å². The topological polar surface area (TPSA) is 67.4 Å². The third-order valence-electron chi connectivity index (χ3n) is 2.07. The van der Waals surface area contributed by atoms with Crippen molar-refractivity contribution in [1.29, 1.82) is 0 Å². The molecule has 0 aliphatic heterocycles. The molecule has 5 heteroatoms. The number of ether oxygens (including phenoxy) is 1. The zero-order valence-electron chi connectivity index (χ0n) is 13.5. The lowest BCUT2D eigenvalue weighted by Gasteiger charge is -2.11. The van der Waals surface area contributed by atoms with Crippen LogP contribution in [0.4, 0.5) is 16.2 Å². The van der Waals surface area contributed by atoms with Crippen molar-refractivity contribution >= 4 is 23.4 Å². The predicted molar refractivity (Wildman–Crippen MR) is 84.2 cm³/mol. The van der Waals surface area contributed by atoms with Crippen molar-refractivity contribution in [2.24, 2.45) is 0 Å². The zero-order chi connectivity index (χ0) is 16.1. The summed E-state index contributed by atoms with van der Waals surface area (Å²) in [6, 6.07) is 5.24. The van der Waals surface area contributed by atoms with E-state index in [4.69, 9.17) is 0 Å². The summed E-state index contributed by atoms with van der Waals surface area (Å²) < 4.78 is 4.49. The van der Waals surface area contributed by atoms with Gasteiger partial charge in [0.15, 0.2) is 0 Å². The van der Waals surface area contributed by atoms with Crippen LogP contribution in [-0.2, 0) is 9.53 Å². The molecule has 0 aromatic heterocycles. The molecule has 114 valence electrons. The Hall–Kier alpha value is -2.04. The van der Waals surface area contributed by atoms with Crippen molar-refractivity contribution in [1.82, 2.24) is 0 Å². The summed E-state index contributed by atoms with van der Waals surface area (Å²) >= 11 is 0. The van der Waals surface area contributed by atoms with Crippen LogP contribution in [0.1, 0.15) is 40.2 Å². The Morgan fingerprint density at radius 3 is 1.85 bits per heavy atom. The Balaban J connectivity index is 0. The molecular formula is C15H26N2O3. The van der Waals surface area contributed by atoms with Gasteiger partial charge in [-0.15, -0.1) is 0 Å².